The highest BCUT2D eigenvalue weighted by molar-refractivity contribution is 7.10. The summed E-state index contributed by atoms with van der Waals surface area (Å²) < 4.78 is 45.4. The van der Waals surface area contributed by atoms with Crippen LogP contribution < -0.4 is 10.2 Å². The number of benzene rings is 1. The zero-order valence-electron chi connectivity index (χ0n) is 20.3. The Morgan fingerprint density at radius 2 is 1.95 bits per heavy atom. The molecule has 37 heavy (non-hydrogen) atoms. The van der Waals surface area contributed by atoms with Crippen molar-refractivity contribution in [2.24, 2.45) is 0 Å². The van der Waals surface area contributed by atoms with E-state index in [1.807, 2.05) is 23.1 Å². The zero-order chi connectivity index (χ0) is 25.8. The minimum absolute atomic E-state index is 0.173. The molecule has 0 bridgehead atoms. The second-order valence-electron chi connectivity index (χ2n) is 9.44. The summed E-state index contributed by atoms with van der Waals surface area (Å²) in [5, 5.41) is 5.32. The normalized spacial score (nSPS) is 17.6. The number of thiazole rings is 1. The second kappa shape index (κ2) is 11.1. The zero-order valence-corrected chi connectivity index (χ0v) is 21.2. The number of nitrogens with one attached hydrogen (secondary N) is 1. The number of piperidine rings is 1. The molecule has 0 saturated carbocycles. The average molecular weight is 531 g/mol. The predicted octanol–water partition coefficient (Wildman–Crippen LogP) is 6.50. The van der Waals surface area contributed by atoms with Crippen molar-refractivity contribution in [2.45, 2.75) is 37.8 Å². The number of aromatic nitrogens is 1. The lowest BCUT2D eigenvalue weighted by molar-refractivity contribution is -0.137. The number of alkyl halides is 3. The fourth-order valence-electron chi connectivity index (χ4n) is 4.88. The highest BCUT2D eigenvalue weighted by Gasteiger charge is 2.32. The van der Waals surface area contributed by atoms with Crippen LogP contribution in [0.5, 0.6) is 0 Å². The number of amides is 1. The van der Waals surface area contributed by atoms with Gasteiger partial charge in [-0.05, 0) is 75.2 Å². The van der Waals surface area contributed by atoms with Crippen LogP contribution in [0, 0.1) is 0 Å². The van der Waals surface area contributed by atoms with Gasteiger partial charge in [0.05, 0.1) is 28.2 Å². The molecule has 196 valence electrons. The molecular formula is C27H29F3N4O2S. The van der Waals surface area contributed by atoms with Gasteiger partial charge in [0.1, 0.15) is 11.5 Å². The predicted molar refractivity (Wildman–Crippen MR) is 139 cm³/mol. The van der Waals surface area contributed by atoms with E-state index in [0.29, 0.717) is 5.69 Å². The number of carbonyl (C=O) groups is 1. The van der Waals surface area contributed by atoms with Gasteiger partial charge in [-0.1, -0.05) is 6.08 Å². The fraction of sp³-hybridized carbons (Fsp3) is 0.407. The fourth-order valence-corrected chi connectivity index (χ4v) is 5.85. The summed E-state index contributed by atoms with van der Waals surface area (Å²) in [6, 6.07) is 7.32. The Hall–Kier alpha value is -3.11. The third-order valence-electron chi connectivity index (χ3n) is 6.90. The molecule has 1 aromatic carbocycles. The van der Waals surface area contributed by atoms with Gasteiger partial charge in [0.15, 0.2) is 0 Å². The van der Waals surface area contributed by atoms with Gasteiger partial charge in [-0.15, -0.1) is 11.3 Å². The molecule has 0 spiro atoms. The molecule has 5 rings (SSSR count). The highest BCUT2D eigenvalue weighted by Crippen LogP contribution is 2.37. The van der Waals surface area contributed by atoms with Gasteiger partial charge in [-0.2, -0.15) is 13.2 Å². The van der Waals surface area contributed by atoms with Crippen LogP contribution in [0.2, 0.25) is 0 Å². The van der Waals surface area contributed by atoms with Gasteiger partial charge in [0.2, 0.25) is 0 Å². The SMILES string of the molecule is O=C(Nc1cc(C(F)(F)F)ccc1N1CCCC1)c1csc(C2CCN(CC=Cc3ccco3)CC2)n1. The number of nitrogens with zero attached hydrogens (tertiary/aromatic N) is 3. The molecule has 2 aliphatic rings. The van der Waals surface area contributed by atoms with Crippen molar-refractivity contribution in [3.8, 4) is 0 Å². The van der Waals surface area contributed by atoms with E-state index in [2.05, 4.69) is 21.3 Å². The molecule has 1 N–H and O–H groups in total. The maximum Gasteiger partial charge on any atom is 0.416 e. The Bertz CT molecular complexity index is 1220. The summed E-state index contributed by atoms with van der Waals surface area (Å²) >= 11 is 1.44. The molecule has 2 aromatic heterocycles. The summed E-state index contributed by atoms with van der Waals surface area (Å²) in [6.07, 6.45) is 5.06. The van der Waals surface area contributed by atoms with E-state index in [0.717, 1.165) is 81.3 Å². The van der Waals surface area contributed by atoms with Gasteiger partial charge < -0.3 is 14.6 Å². The van der Waals surface area contributed by atoms with Crippen molar-refractivity contribution in [1.82, 2.24) is 9.88 Å². The number of hydrogen-bond donors (Lipinski definition) is 1. The van der Waals surface area contributed by atoms with Crippen LogP contribution >= 0.6 is 11.3 Å². The molecule has 2 saturated heterocycles. The molecule has 0 radical (unpaired) electrons. The molecule has 6 nitrogen and oxygen atoms in total. The monoisotopic (exact) mass is 530 g/mol. The van der Waals surface area contributed by atoms with E-state index in [1.165, 1.54) is 17.4 Å². The Morgan fingerprint density at radius 3 is 2.65 bits per heavy atom. The van der Waals surface area contributed by atoms with Crippen molar-refractivity contribution in [3.05, 3.63) is 70.1 Å². The standard InChI is InChI=1S/C27H29F3N4O2S/c28-27(29,30)20-7-8-24(34-12-1-2-13-34)22(17-20)31-25(35)23-18-37-26(32-23)19-9-14-33(15-10-19)11-3-5-21-6-4-16-36-21/h3-8,16-19H,1-2,9-15H2,(H,31,35). The van der Waals surface area contributed by atoms with E-state index in [4.69, 9.17) is 4.42 Å². The van der Waals surface area contributed by atoms with Crippen LogP contribution in [0.25, 0.3) is 6.08 Å². The van der Waals surface area contributed by atoms with Crippen LogP contribution in [-0.2, 0) is 6.18 Å². The maximum absolute atomic E-state index is 13.4. The van der Waals surface area contributed by atoms with E-state index >= 15 is 0 Å². The first-order valence-corrected chi connectivity index (χ1v) is 13.4. The summed E-state index contributed by atoms with van der Waals surface area (Å²) in [5.41, 5.74) is 0.249. The molecular weight excluding hydrogens is 501 g/mol. The number of halogens is 3. The number of rotatable bonds is 7. The molecule has 0 unspecified atom stereocenters. The summed E-state index contributed by atoms with van der Waals surface area (Å²) in [6.45, 7) is 4.21. The summed E-state index contributed by atoms with van der Waals surface area (Å²) in [7, 11) is 0. The summed E-state index contributed by atoms with van der Waals surface area (Å²) in [4.78, 5) is 22.0. The number of anilines is 2. The Labute approximate surface area is 217 Å². The first-order valence-electron chi connectivity index (χ1n) is 12.5. The average Bonchev–Trinajstić information content (AvgIpc) is 3.67. The molecule has 2 fully saturated rings. The van der Waals surface area contributed by atoms with Gasteiger partial charge in [-0.25, -0.2) is 4.98 Å². The lowest BCUT2D eigenvalue weighted by Crippen LogP contribution is -2.33. The van der Waals surface area contributed by atoms with E-state index in [-0.39, 0.29) is 17.3 Å². The largest absolute Gasteiger partial charge is 0.465 e. The van der Waals surface area contributed by atoms with Crippen molar-refractivity contribution < 1.29 is 22.4 Å². The first-order chi connectivity index (χ1) is 17.9. The minimum Gasteiger partial charge on any atom is -0.465 e. The smallest absolute Gasteiger partial charge is 0.416 e. The second-order valence-corrected chi connectivity index (χ2v) is 10.3. The van der Waals surface area contributed by atoms with Crippen molar-refractivity contribution in [1.29, 1.82) is 0 Å². The van der Waals surface area contributed by atoms with Crippen molar-refractivity contribution in [3.63, 3.8) is 0 Å². The quantitative estimate of drug-likeness (QED) is 0.378. The Kier molecular flexibility index (Phi) is 7.66. The molecule has 0 atom stereocenters. The lowest BCUT2D eigenvalue weighted by atomic mass is 9.97. The van der Waals surface area contributed by atoms with Crippen LogP contribution in [0.3, 0.4) is 0 Å². The Morgan fingerprint density at radius 1 is 1.16 bits per heavy atom. The van der Waals surface area contributed by atoms with Crippen LogP contribution in [0.1, 0.15) is 58.4 Å². The number of carbonyl (C=O) groups excluding carboxylic acids is 1. The van der Waals surface area contributed by atoms with Gasteiger partial charge in [0.25, 0.3) is 5.91 Å². The van der Waals surface area contributed by atoms with E-state index < -0.39 is 17.6 Å². The Balaban J connectivity index is 1.21. The molecule has 1 amide bonds. The van der Waals surface area contributed by atoms with Gasteiger partial charge in [-0.3, -0.25) is 9.69 Å². The molecule has 10 heteroatoms. The number of likely N-dealkylation sites (tertiary alicyclic amines) is 1. The van der Waals surface area contributed by atoms with Crippen LogP contribution in [0.15, 0.2) is 52.5 Å². The van der Waals surface area contributed by atoms with Gasteiger partial charge >= 0.3 is 6.18 Å². The minimum atomic E-state index is -4.49. The molecule has 0 aliphatic carbocycles. The van der Waals surface area contributed by atoms with Crippen LogP contribution in [0.4, 0.5) is 24.5 Å². The molecule has 2 aliphatic heterocycles. The van der Waals surface area contributed by atoms with Crippen molar-refractivity contribution in [2.75, 3.05) is 42.9 Å². The van der Waals surface area contributed by atoms with Gasteiger partial charge in [0, 0.05) is 30.9 Å². The molecule has 3 aromatic rings. The van der Waals surface area contributed by atoms with Crippen LogP contribution in [-0.4, -0.2) is 48.5 Å². The highest BCUT2D eigenvalue weighted by atomic mass is 32.1. The lowest BCUT2D eigenvalue weighted by Gasteiger charge is -2.30. The van der Waals surface area contributed by atoms with E-state index in [9.17, 15) is 18.0 Å². The summed E-state index contributed by atoms with van der Waals surface area (Å²) in [5.74, 6) is 0.620. The number of furan rings is 1. The third kappa shape index (κ3) is 6.24. The topological polar surface area (TPSA) is 61.6 Å². The van der Waals surface area contributed by atoms with E-state index in [1.54, 1.807) is 11.6 Å². The maximum atomic E-state index is 13.4. The third-order valence-corrected chi connectivity index (χ3v) is 7.91. The number of hydrogen-bond acceptors (Lipinski definition) is 6. The van der Waals surface area contributed by atoms with Crippen molar-refractivity contribution >= 4 is 34.7 Å². The molecule has 4 heterocycles. The first kappa shape index (κ1) is 25.5.